The average molecular weight is 391 g/mol. The van der Waals surface area contributed by atoms with Crippen LogP contribution < -0.4 is 10.2 Å². The zero-order valence-corrected chi connectivity index (χ0v) is 16.5. The van der Waals surface area contributed by atoms with Crippen LogP contribution in [-0.2, 0) is 14.4 Å². The van der Waals surface area contributed by atoms with E-state index in [2.05, 4.69) is 5.32 Å². The van der Waals surface area contributed by atoms with Gasteiger partial charge in [-0.25, -0.2) is 0 Å². The second kappa shape index (κ2) is 8.07. The topological polar surface area (TPSA) is 69.7 Å². The number of hydrogen-bond acceptors (Lipinski definition) is 3. The Morgan fingerprint density at radius 3 is 2.48 bits per heavy atom. The summed E-state index contributed by atoms with van der Waals surface area (Å²) in [5.41, 5.74) is 2.40. The van der Waals surface area contributed by atoms with E-state index in [0.29, 0.717) is 25.2 Å². The van der Waals surface area contributed by atoms with Gasteiger partial charge in [0.25, 0.3) is 0 Å². The van der Waals surface area contributed by atoms with Gasteiger partial charge in [-0.3, -0.25) is 14.4 Å². The molecule has 2 aromatic carbocycles. The van der Waals surface area contributed by atoms with Crippen LogP contribution in [0.5, 0.6) is 0 Å². The molecule has 6 nitrogen and oxygen atoms in total. The van der Waals surface area contributed by atoms with Crippen molar-refractivity contribution in [2.24, 2.45) is 5.92 Å². The lowest BCUT2D eigenvalue weighted by Crippen LogP contribution is -2.31. The van der Waals surface area contributed by atoms with Crippen molar-refractivity contribution in [2.75, 3.05) is 23.3 Å². The fraction of sp³-hybridized carbons (Fsp3) is 0.348. The fourth-order valence-corrected chi connectivity index (χ4v) is 4.15. The van der Waals surface area contributed by atoms with Gasteiger partial charge in [0, 0.05) is 25.9 Å². The van der Waals surface area contributed by atoms with Gasteiger partial charge >= 0.3 is 0 Å². The van der Waals surface area contributed by atoms with Gasteiger partial charge in [0.2, 0.25) is 17.7 Å². The highest BCUT2D eigenvalue weighted by Gasteiger charge is 2.37. The molecule has 0 spiro atoms. The third kappa shape index (κ3) is 3.88. The molecule has 0 saturated carbocycles. The van der Waals surface area contributed by atoms with Crippen molar-refractivity contribution >= 4 is 29.1 Å². The number of likely N-dealkylation sites (tertiary alicyclic amines) is 1. The summed E-state index contributed by atoms with van der Waals surface area (Å²) >= 11 is 0. The van der Waals surface area contributed by atoms with Gasteiger partial charge in [0.05, 0.1) is 23.3 Å². The number of carbonyl (C=O) groups excluding carboxylic acids is 3. The van der Waals surface area contributed by atoms with Gasteiger partial charge in [-0.2, -0.15) is 0 Å². The van der Waals surface area contributed by atoms with Gasteiger partial charge in [-0.15, -0.1) is 0 Å². The van der Waals surface area contributed by atoms with Crippen molar-refractivity contribution in [3.05, 3.63) is 60.2 Å². The Bertz CT molecular complexity index is 928. The largest absolute Gasteiger partial charge is 0.335 e. The van der Waals surface area contributed by atoms with Crippen molar-refractivity contribution in [3.63, 3.8) is 0 Å². The summed E-state index contributed by atoms with van der Waals surface area (Å²) in [7, 11) is 0. The molecule has 0 bridgehead atoms. The quantitative estimate of drug-likeness (QED) is 0.850. The third-order valence-electron chi connectivity index (χ3n) is 5.80. The van der Waals surface area contributed by atoms with E-state index in [1.165, 1.54) is 0 Å². The maximum absolute atomic E-state index is 12.9. The highest BCUT2D eigenvalue weighted by atomic mass is 16.2. The minimum absolute atomic E-state index is 0.00971. The average Bonchev–Trinajstić information content (AvgIpc) is 3.34. The third-order valence-corrected chi connectivity index (χ3v) is 5.80. The van der Waals surface area contributed by atoms with Crippen LogP contribution in [0.3, 0.4) is 0 Å². The molecular weight excluding hydrogens is 366 g/mol. The molecule has 0 aliphatic carbocycles. The van der Waals surface area contributed by atoms with Crippen LogP contribution >= 0.6 is 0 Å². The zero-order valence-electron chi connectivity index (χ0n) is 16.5. The van der Waals surface area contributed by atoms with E-state index in [0.717, 1.165) is 17.7 Å². The molecule has 2 fully saturated rings. The molecule has 2 atom stereocenters. The number of rotatable bonds is 5. The smallest absolute Gasteiger partial charge is 0.229 e. The van der Waals surface area contributed by atoms with E-state index in [-0.39, 0.29) is 30.2 Å². The number of carbonyl (C=O) groups is 3. The lowest BCUT2D eigenvalue weighted by molar-refractivity contribution is -0.129. The molecule has 6 heteroatoms. The molecule has 150 valence electrons. The first kappa shape index (κ1) is 19.2. The minimum Gasteiger partial charge on any atom is -0.335 e. The van der Waals surface area contributed by atoms with E-state index < -0.39 is 5.92 Å². The van der Waals surface area contributed by atoms with Crippen molar-refractivity contribution in [2.45, 2.75) is 32.2 Å². The molecule has 2 aliphatic rings. The fourth-order valence-electron chi connectivity index (χ4n) is 4.15. The Morgan fingerprint density at radius 1 is 1.03 bits per heavy atom. The van der Waals surface area contributed by atoms with Crippen molar-refractivity contribution in [1.82, 2.24) is 4.90 Å². The van der Waals surface area contributed by atoms with Gasteiger partial charge < -0.3 is 15.1 Å². The highest BCUT2D eigenvalue weighted by Crippen LogP contribution is 2.32. The molecular formula is C23H25N3O3. The number of benzene rings is 2. The molecule has 2 aliphatic heterocycles. The molecule has 29 heavy (non-hydrogen) atoms. The summed E-state index contributed by atoms with van der Waals surface area (Å²) in [6, 6.07) is 17.1. The molecule has 0 radical (unpaired) electrons. The van der Waals surface area contributed by atoms with Crippen LogP contribution in [-0.4, -0.2) is 35.7 Å². The van der Waals surface area contributed by atoms with Crippen LogP contribution in [0.4, 0.5) is 11.4 Å². The lowest BCUT2D eigenvalue weighted by atomic mass is 10.1. The summed E-state index contributed by atoms with van der Waals surface area (Å²) in [5.74, 6) is -0.522. The Kier molecular flexibility index (Phi) is 5.34. The zero-order chi connectivity index (χ0) is 20.4. The molecule has 2 aromatic rings. The maximum Gasteiger partial charge on any atom is 0.229 e. The molecule has 2 saturated heterocycles. The van der Waals surface area contributed by atoms with Crippen LogP contribution in [0, 0.1) is 5.92 Å². The molecule has 2 heterocycles. The first-order valence-corrected chi connectivity index (χ1v) is 10.1. The van der Waals surface area contributed by atoms with Gasteiger partial charge in [-0.05, 0) is 31.0 Å². The first-order chi connectivity index (χ1) is 14.0. The Labute approximate surface area is 170 Å². The minimum atomic E-state index is -0.406. The Balaban J connectivity index is 1.46. The van der Waals surface area contributed by atoms with Crippen molar-refractivity contribution in [3.8, 4) is 0 Å². The normalized spacial score (nSPS) is 20.2. The summed E-state index contributed by atoms with van der Waals surface area (Å²) in [4.78, 5) is 41.1. The highest BCUT2D eigenvalue weighted by molar-refractivity contribution is 6.03. The second-order valence-electron chi connectivity index (χ2n) is 7.69. The van der Waals surface area contributed by atoms with E-state index in [1.807, 2.05) is 55.5 Å². The number of anilines is 2. The van der Waals surface area contributed by atoms with E-state index in [4.69, 9.17) is 0 Å². The number of nitrogens with zero attached hydrogens (tertiary/aromatic N) is 2. The predicted molar refractivity (Wildman–Crippen MR) is 111 cm³/mol. The molecule has 0 aromatic heterocycles. The van der Waals surface area contributed by atoms with Gasteiger partial charge in [0.15, 0.2) is 0 Å². The van der Waals surface area contributed by atoms with E-state index in [9.17, 15) is 14.4 Å². The molecule has 3 amide bonds. The van der Waals surface area contributed by atoms with Gasteiger partial charge in [0.1, 0.15) is 0 Å². The Hall–Kier alpha value is -3.15. The Morgan fingerprint density at radius 2 is 1.76 bits per heavy atom. The lowest BCUT2D eigenvalue weighted by Gasteiger charge is -2.25. The monoisotopic (exact) mass is 391 g/mol. The van der Waals surface area contributed by atoms with Crippen LogP contribution in [0.1, 0.15) is 37.8 Å². The van der Waals surface area contributed by atoms with E-state index >= 15 is 0 Å². The molecule has 1 N–H and O–H groups in total. The summed E-state index contributed by atoms with van der Waals surface area (Å²) < 4.78 is 0. The van der Waals surface area contributed by atoms with Crippen LogP contribution in [0.15, 0.2) is 54.6 Å². The summed E-state index contributed by atoms with van der Waals surface area (Å²) in [5, 5.41) is 2.96. The number of nitrogens with one attached hydrogen (secondary N) is 1. The van der Waals surface area contributed by atoms with E-state index in [1.54, 1.807) is 15.9 Å². The van der Waals surface area contributed by atoms with Crippen LogP contribution in [0.25, 0.3) is 0 Å². The van der Waals surface area contributed by atoms with Gasteiger partial charge in [-0.1, -0.05) is 42.5 Å². The number of hydrogen-bond donors (Lipinski definition) is 1. The SMILES string of the molecule is C[C@H](c1ccccc1)N1C[C@H](C(=O)Nc2ccccc2N2CCCC2=O)CC1=O. The number of amides is 3. The standard InChI is InChI=1S/C23H25N3O3/c1-16(17-8-3-2-4-9-17)26-15-18(14-22(26)28)23(29)24-19-10-5-6-11-20(19)25-13-7-12-21(25)27/h2-6,8-11,16,18H,7,12-15H2,1H3,(H,24,29)/t16-,18-/m1/s1. The first-order valence-electron chi connectivity index (χ1n) is 10.1. The van der Waals surface area contributed by atoms with Crippen LogP contribution in [0.2, 0.25) is 0 Å². The second-order valence-corrected chi connectivity index (χ2v) is 7.69. The predicted octanol–water partition coefficient (Wildman–Crippen LogP) is 3.36. The number of para-hydroxylation sites is 2. The molecule has 4 rings (SSSR count). The molecule has 0 unspecified atom stereocenters. The maximum atomic E-state index is 12.9. The summed E-state index contributed by atoms with van der Waals surface area (Å²) in [6.07, 6.45) is 1.56. The van der Waals surface area contributed by atoms with Crippen molar-refractivity contribution in [1.29, 1.82) is 0 Å². The van der Waals surface area contributed by atoms with Crippen molar-refractivity contribution < 1.29 is 14.4 Å². The summed E-state index contributed by atoms with van der Waals surface area (Å²) in [6.45, 7) is 3.04.